The molecule has 4 heterocycles. The van der Waals surface area contributed by atoms with E-state index in [0.717, 1.165) is 6.39 Å². The maximum Gasteiger partial charge on any atom is 0.459 e. The number of Topliss-reactive ketones (excluding diaryl/α,β-unsaturated/α-hetero) is 1. The molecule has 0 radical (unpaired) electrons. The van der Waals surface area contributed by atoms with Crippen molar-refractivity contribution in [2.45, 2.75) is 19.0 Å². The molecule has 0 aliphatic rings. The summed E-state index contributed by atoms with van der Waals surface area (Å²) in [6.45, 7) is 1.36. The van der Waals surface area contributed by atoms with Crippen LogP contribution in [-0.4, -0.2) is 36.5 Å². The van der Waals surface area contributed by atoms with Crippen molar-refractivity contribution in [2.75, 3.05) is 0 Å². The molecule has 5 aromatic rings. The van der Waals surface area contributed by atoms with E-state index in [1.54, 1.807) is 6.07 Å². The highest BCUT2D eigenvalue weighted by Crippen LogP contribution is 2.45. The average molecular weight is 473 g/mol. The first-order chi connectivity index (χ1) is 16.1. The predicted octanol–water partition coefficient (Wildman–Crippen LogP) is 5.46. The molecule has 12 heteroatoms. The van der Waals surface area contributed by atoms with Crippen LogP contribution in [0.3, 0.4) is 0 Å². The average Bonchev–Trinajstić information content (AvgIpc) is 3.47. The van der Waals surface area contributed by atoms with Crippen LogP contribution in [0.15, 0.2) is 59.5 Å². The fourth-order valence-corrected chi connectivity index (χ4v) is 3.55. The lowest BCUT2D eigenvalue weighted by atomic mass is 9.98. The largest absolute Gasteiger partial charge is 0.459 e. The highest BCUT2D eigenvalue weighted by atomic mass is 19.4. The normalized spacial score (nSPS) is 12.5. The second kappa shape index (κ2) is 7.40. The Kier molecular flexibility index (Phi) is 4.71. The van der Waals surface area contributed by atoms with Crippen molar-refractivity contribution in [3.8, 4) is 22.7 Å². The van der Waals surface area contributed by atoms with E-state index in [1.807, 2.05) is 0 Å². The summed E-state index contributed by atoms with van der Waals surface area (Å²) in [4.78, 5) is 19.5. The zero-order valence-corrected chi connectivity index (χ0v) is 17.1. The third kappa shape index (κ3) is 3.38. The Labute approximate surface area is 186 Å². The minimum Gasteiger partial charge on any atom is -0.422 e. The maximum atomic E-state index is 14.4. The molecule has 0 aliphatic carbocycles. The number of carbonyl (C=O) groups excluding carboxylic acids is 1. The van der Waals surface area contributed by atoms with Crippen molar-refractivity contribution >= 4 is 22.5 Å². The van der Waals surface area contributed by atoms with Gasteiger partial charge in [-0.05, 0) is 36.2 Å². The van der Waals surface area contributed by atoms with Crippen LogP contribution in [0, 0.1) is 0 Å². The number of nitrogens with zero attached hydrogens (tertiary/aromatic N) is 5. The zero-order chi connectivity index (χ0) is 24.3. The number of fused-ring (bicyclic) bond motifs is 3. The predicted molar refractivity (Wildman–Crippen MR) is 109 cm³/mol. The number of benzene rings is 1. The first-order valence-electron chi connectivity index (χ1n) is 9.72. The van der Waals surface area contributed by atoms with Crippen LogP contribution in [0.1, 0.15) is 23.0 Å². The molecular formula is C22H12F5N5O2. The Balaban J connectivity index is 1.82. The van der Waals surface area contributed by atoms with Gasteiger partial charge in [0.05, 0.1) is 0 Å². The summed E-state index contributed by atoms with van der Waals surface area (Å²) in [7, 11) is 0. The number of alkyl halides is 5. The van der Waals surface area contributed by atoms with E-state index in [0.29, 0.717) is 22.6 Å². The fraction of sp³-hybridized carbons (Fsp3) is 0.136. The molecule has 0 atom stereocenters. The topological polar surface area (TPSA) is 86.2 Å². The van der Waals surface area contributed by atoms with Gasteiger partial charge in [-0.3, -0.25) is 9.20 Å². The second-order valence-corrected chi connectivity index (χ2v) is 7.43. The van der Waals surface area contributed by atoms with Gasteiger partial charge in [-0.1, -0.05) is 24.3 Å². The van der Waals surface area contributed by atoms with Crippen molar-refractivity contribution in [1.82, 2.24) is 24.6 Å². The van der Waals surface area contributed by atoms with Gasteiger partial charge in [-0.2, -0.15) is 22.0 Å². The number of halogens is 5. The SMILES string of the molecule is CC(=O)c1ccc(-c2cc(C(F)(F)C(F)(F)F)nc3c2ccc2nc(-c4nnco4)cn23)cc1. The van der Waals surface area contributed by atoms with Gasteiger partial charge in [0.1, 0.15) is 22.7 Å². The number of imidazole rings is 1. The molecule has 0 spiro atoms. The fourth-order valence-electron chi connectivity index (χ4n) is 3.55. The van der Waals surface area contributed by atoms with Gasteiger partial charge < -0.3 is 4.42 Å². The molecule has 0 fully saturated rings. The maximum absolute atomic E-state index is 14.4. The Morgan fingerprint density at radius 3 is 2.35 bits per heavy atom. The van der Waals surface area contributed by atoms with Crippen LogP contribution in [0.4, 0.5) is 22.0 Å². The van der Waals surface area contributed by atoms with Crippen molar-refractivity contribution in [3.05, 3.63) is 66.3 Å². The van der Waals surface area contributed by atoms with Crippen LogP contribution < -0.4 is 0 Å². The van der Waals surface area contributed by atoms with Crippen LogP contribution in [0.5, 0.6) is 0 Å². The quantitative estimate of drug-likeness (QED) is 0.255. The minimum atomic E-state index is -5.86. The van der Waals surface area contributed by atoms with Crippen LogP contribution in [0.2, 0.25) is 0 Å². The lowest BCUT2D eigenvalue weighted by molar-refractivity contribution is -0.290. The third-order valence-corrected chi connectivity index (χ3v) is 5.26. The lowest BCUT2D eigenvalue weighted by Gasteiger charge is -2.20. The molecule has 0 unspecified atom stereocenters. The first kappa shape index (κ1) is 21.6. The number of hydrogen-bond acceptors (Lipinski definition) is 6. The van der Waals surface area contributed by atoms with Crippen LogP contribution in [-0.2, 0) is 5.92 Å². The summed E-state index contributed by atoms with van der Waals surface area (Å²) in [5.74, 6) is -5.40. The van der Waals surface area contributed by atoms with E-state index >= 15 is 0 Å². The van der Waals surface area contributed by atoms with Crippen molar-refractivity contribution < 1.29 is 31.2 Å². The van der Waals surface area contributed by atoms with Crippen molar-refractivity contribution in [2.24, 2.45) is 0 Å². The first-order valence-corrected chi connectivity index (χ1v) is 9.72. The van der Waals surface area contributed by atoms with E-state index in [9.17, 15) is 26.7 Å². The van der Waals surface area contributed by atoms with E-state index in [1.165, 1.54) is 47.9 Å². The Bertz CT molecular complexity index is 1540. The molecule has 0 saturated heterocycles. The summed E-state index contributed by atoms with van der Waals surface area (Å²) in [5, 5.41) is 7.57. The number of pyridine rings is 2. The molecule has 5 rings (SSSR count). The van der Waals surface area contributed by atoms with Gasteiger partial charge in [-0.15, -0.1) is 10.2 Å². The molecule has 0 aliphatic heterocycles. The molecule has 0 amide bonds. The second-order valence-electron chi connectivity index (χ2n) is 7.43. The summed E-state index contributed by atoms with van der Waals surface area (Å²) < 4.78 is 74.8. The summed E-state index contributed by atoms with van der Waals surface area (Å²) in [6.07, 6.45) is -3.43. The summed E-state index contributed by atoms with van der Waals surface area (Å²) >= 11 is 0. The molecule has 172 valence electrons. The van der Waals surface area contributed by atoms with Crippen LogP contribution in [0.25, 0.3) is 39.4 Å². The van der Waals surface area contributed by atoms with Gasteiger partial charge in [0.15, 0.2) is 5.78 Å². The van der Waals surface area contributed by atoms with Gasteiger partial charge in [0.2, 0.25) is 6.39 Å². The Morgan fingerprint density at radius 1 is 1.00 bits per heavy atom. The number of rotatable bonds is 4. The number of carbonyl (C=O) groups is 1. The molecule has 7 nitrogen and oxygen atoms in total. The minimum absolute atomic E-state index is 0.0358. The third-order valence-electron chi connectivity index (χ3n) is 5.26. The highest BCUT2D eigenvalue weighted by molar-refractivity contribution is 5.97. The number of hydrogen-bond donors (Lipinski definition) is 0. The van der Waals surface area contributed by atoms with Crippen LogP contribution >= 0.6 is 0 Å². The van der Waals surface area contributed by atoms with E-state index in [4.69, 9.17) is 4.42 Å². The Morgan fingerprint density at radius 2 is 1.74 bits per heavy atom. The smallest absolute Gasteiger partial charge is 0.422 e. The molecule has 0 saturated carbocycles. The summed E-state index contributed by atoms with van der Waals surface area (Å²) in [6, 6.07) is 9.67. The lowest BCUT2D eigenvalue weighted by Crippen LogP contribution is -2.34. The van der Waals surface area contributed by atoms with Gasteiger partial charge in [0.25, 0.3) is 5.89 Å². The molecule has 0 N–H and O–H groups in total. The number of aromatic nitrogens is 5. The molecule has 4 aromatic heterocycles. The van der Waals surface area contributed by atoms with E-state index < -0.39 is 17.8 Å². The highest BCUT2D eigenvalue weighted by Gasteiger charge is 2.60. The molecule has 1 aromatic carbocycles. The van der Waals surface area contributed by atoms with Gasteiger partial charge >= 0.3 is 12.1 Å². The number of ketones is 1. The molecule has 34 heavy (non-hydrogen) atoms. The Hall–Kier alpha value is -4.22. The summed E-state index contributed by atoms with van der Waals surface area (Å²) in [5.41, 5.74) is -0.474. The van der Waals surface area contributed by atoms with Gasteiger partial charge in [0, 0.05) is 17.1 Å². The van der Waals surface area contributed by atoms with Crippen molar-refractivity contribution in [3.63, 3.8) is 0 Å². The van der Waals surface area contributed by atoms with E-state index in [-0.39, 0.29) is 34.2 Å². The van der Waals surface area contributed by atoms with Crippen molar-refractivity contribution in [1.29, 1.82) is 0 Å². The van der Waals surface area contributed by atoms with Gasteiger partial charge in [-0.25, -0.2) is 9.97 Å². The monoisotopic (exact) mass is 473 g/mol. The molecule has 0 bridgehead atoms. The standard InChI is InChI=1S/C22H12F5N5O2/c1-11(33)12-2-4-13(5-3-12)15-8-17(21(23,24)22(25,26)27)30-19-14(15)6-7-18-29-16(9-32(18)19)20-31-28-10-34-20/h2-10H,1H3. The zero-order valence-electron chi connectivity index (χ0n) is 17.1. The molecular weight excluding hydrogens is 461 g/mol. The van der Waals surface area contributed by atoms with E-state index in [2.05, 4.69) is 20.2 Å².